The van der Waals surface area contributed by atoms with Gasteiger partial charge >= 0.3 is 0 Å². The lowest BCUT2D eigenvalue weighted by Crippen LogP contribution is -2.49. The second-order valence-corrected chi connectivity index (χ2v) is 5.42. The summed E-state index contributed by atoms with van der Waals surface area (Å²) in [5.74, 6) is 0. The molecule has 4 nitrogen and oxygen atoms in total. The van der Waals surface area contributed by atoms with Crippen molar-refractivity contribution < 1.29 is 4.74 Å². The van der Waals surface area contributed by atoms with E-state index in [1.54, 1.807) is 0 Å². The summed E-state index contributed by atoms with van der Waals surface area (Å²) in [4.78, 5) is 4.86. The summed E-state index contributed by atoms with van der Waals surface area (Å²) in [7, 11) is 0. The monoisotopic (exact) mass is 261 g/mol. The predicted octanol–water partition coefficient (Wildman–Crippen LogP) is 1.32. The number of nitrogens with zero attached hydrogens (tertiary/aromatic N) is 2. The quantitative estimate of drug-likeness (QED) is 0.869. The summed E-state index contributed by atoms with van der Waals surface area (Å²) in [6.45, 7) is 9.21. The smallest absolute Gasteiger partial charge is 0.0642 e. The van der Waals surface area contributed by atoms with E-state index in [4.69, 9.17) is 4.74 Å². The molecule has 0 bridgehead atoms. The fourth-order valence-electron chi connectivity index (χ4n) is 2.86. The molecule has 1 aromatic rings. The van der Waals surface area contributed by atoms with Crippen molar-refractivity contribution in [3.63, 3.8) is 0 Å². The van der Waals surface area contributed by atoms with Gasteiger partial charge in [-0.3, -0.25) is 0 Å². The number of piperazine rings is 1. The molecular weight excluding hydrogens is 238 g/mol. The van der Waals surface area contributed by atoms with E-state index in [1.165, 1.54) is 11.4 Å². The highest BCUT2D eigenvalue weighted by molar-refractivity contribution is 5.56. The summed E-state index contributed by atoms with van der Waals surface area (Å²) in [6, 6.07) is 9.57. The maximum Gasteiger partial charge on any atom is 0.0642 e. The van der Waals surface area contributed by atoms with Gasteiger partial charge < -0.3 is 19.9 Å². The summed E-state index contributed by atoms with van der Waals surface area (Å²) < 4.78 is 5.40. The molecule has 1 atom stereocenters. The Morgan fingerprint density at radius 1 is 1.00 bits per heavy atom. The molecule has 19 heavy (non-hydrogen) atoms. The lowest BCUT2D eigenvalue weighted by Gasteiger charge is -2.34. The molecule has 0 spiro atoms. The summed E-state index contributed by atoms with van der Waals surface area (Å²) in [5.41, 5.74) is 2.65. The molecule has 1 unspecified atom stereocenters. The normalized spacial score (nSPS) is 24.6. The first-order valence-electron chi connectivity index (χ1n) is 7.24. The van der Waals surface area contributed by atoms with E-state index in [0.717, 1.165) is 45.9 Å². The highest BCUT2D eigenvalue weighted by Gasteiger charge is 2.16. The van der Waals surface area contributed by atoms with E-state index in [0.29, 0.717) is 6.04 Å². The third-order valence-electron chi connectivity index (χ3n) is 3.96. The van der Waals surface area contributed by atoms with Crippen LogP contribution in [0.15, 0.2) is 24.3 Å². The van der Waals surface area contributed by atoms with Crippen LogP contribution in [-0.2, 0) is 4.74 Å². The van der Waals surface area contributed by atoms with Crippen LogP contribution < -0.4 is 15.1 Å². The lowest BCUT2D eigenvalue weighted by atomic mass is 10.2. The molecule has 104 valence electrons. The van der Waals surface area contributed by atoms with Gasteiger partial charge in [0.1, 0.15) is 0 Å². The maximum absolute atomic E-state index is 5.40. The van der Waals surface area contributed by atoms with Gasteiger partial charge in [-0.05, 0) is 31.2 Å². The van der Waals surface area contributed by atoms with E-state index < -0.39 is 0 Å². The summed E-state index contributed by atoms with van der Waals surface area (Å²) >= 11 is 0. The lowest BCUT2D eigenvalue weighted by molar-refractivity contribution is 0.122. The SMILES string of the molecule is CC1CN(c2ccc(N3CCOCC3)cc2)CCN1. The van der Waals surface area contributed by atoms with Gasteiger partial charge in [0.25, 0.3) is 0 Å². The molecule has 0 aromatic heterocycles. The van der Waals surface area contributed by atoms with Gasteiger partial charge in [-0.2, -0.15) is 0 Å². The number of nitrogens with one attached hydrogen (secondary N) is 1. The van der Waals surface area contributed by atoms with E-state index in [2.05, 4.69) is 46.3 Å². The van der Waals surface area contributed by atoms with Crippen LogP contribution in [0.5, 0.6) is 0 Å². The molecule has 0 radical (unpaired) electrons. The molecule has 1 aromatic carbocycles. The molecule has 2 aliphatic rings. The zero-order valence-corrected chi connectivity index (χ0v) is 11.6. The van der Waals surface area contributed by atoms with Gasteiger partial charge in [0.05, 0.1) is 13.2 Å². The predicted molar refractivity (Wildman–Crippen MR) is 79.2 cm³/mol. The Morgan fingerprint density at radius 2 is 1.63 bits per heavy atom. The van der Waals surface area contributed by atoms with Crippen molar-refractivity contribution in [3.05, 3.63) is 24.3 Å². The zero-order chi connectivity index (χ0) is 13.1. The van der Waals surface area contributed by atoms with Crippen LogP contribution >= 0.6 is 0 Å². The average molecular weight is 261 g/mol. The third kappa shape index (κ3) is 3.01. The molecule has 2 saturated heterocycles. The molecule has 3 rings (SSSR count). The molecule has 1 N–H and O–H groups in total. The molecule has 4 heteroatoms. The Morgan fingerprint density at radius 3 is 2.26 bits per heavy atom. The van der Waals surface area contributed by atoms with Crippen molar-refractivity contribution in [2.75, 3.05) is 55.7 Å². The highest BCUT2D eigenvalue weighted by atomic mass is 16.5. The van der Waals surface area contributed by atoms with Crippen LogP contribution in [0, 0.1) is 0 Å². The minimum absolute atomic E-state index is 0.577. The van der Waals surface area contributed by atoms with Crippen molar-refractivity contribution in [2.45, 2.75) is 13.0 Å². The molecule has 0 aliphatic carbocycles. The standard InChI is InChI=1S/C15H23N3O/c1-13-12-18(7-6-16-13)15-4-2-14(3-5-15)17-8-10-19-11-9-17/h2-5,13,16H,6-12H2,1H3. The maximum atomic E-state index is 5.40. The molecule has 2 aliphatic heterocycles. The minimum Gasteiger partial charge on any atom is -0.378 e. The second kappa shape index (κ2) is 5.80. The number of anilines is 2. The fraction of sp³-hybridized carbons (Fsp3) is 0.600. The van der Waals surface area contributed by atoms with Crippen molar-refractivity contribution in [1.29, 1.82) is 0 Å². The number of ether oxygens (including phenoxy) is 1. The molecule has 2 heterocycles. The Labute approximate surface area is 115 Å². The van der Waals surface area contributed by atoms with Crippen LogP contribution in [-0.4, -0.2) is 52.0 Å². The summed E-state index contributed by atoms with van der Waals surface area (Å²) in [5, 5.41) is 3.48. The van der Waals surface area contributed by atoms with Crippen molar-refractivity contribution in [2.24, 2.45) is 0 Å². The number of rotatable bonds is 2. The first-order chi connectivity index (χ1) is 9.33. The number of benzene rings is 1. The van der Waals surface area contributed by atoms with Gasteiger partial charge in [-0.1, -0.05) is 0 Å². The Hall–Kier alpha value is -1.26. The van der Waals surface area contributed by atoms with Crippen LogP contribution in [0.3, 0.4) is 0 Å². The first kappa shape index (κ1) is 12.8. The van der Waals surface area contributed by atoms with Gasteiger partial charge in [0.2, 0.25) is 0 Å². The molecule has 0 saturated carbocycles. The third-order valence-corrected chi connectivity index (χ3v) is 3.96. The fourth-order valence-corrected chi connectivity index (χ4v) is 2.86. The second-order valence-electron chi connectivity index (χ2n) is 5.42. The van der Waals surface area contributed by atoms with Crippen molar-refractivity contribution in [1.82, 2.24) is 5.32 Å². The van der Waals surface area contributed by atoms with Gasteiger partial charge in [0.15, 0.2) is 0 Å². The number of morpholine rings is 1. The first-order valence-corrected chi connectivity index (χ1v) is 7.24. The minimum atomic E-state index is 0.577. The number of hydrogen-bond donors (Lipinski definition) is 1. The Balaban J connectivity index is 1.67. The number of hydrogen-bond acceptors (Lipinski definition) is 4. The average Bonchev–Trinajstić information content (AvgIpc) is 2.48. The van der Waals surface area contributed by atoms with Crippen LogP contribution in [0.4, 0.5) is 11.4 Å². The Kier molecular flexibility index (Phi) is 3.89. The zero-order valence-electron chi connectivity index (χ0n) is 11.6. The topological polar surface area (TPSA) is 27.7 Å². The summed E-state index contributed by atoms with van der Waals surface area (Å²) in [6.07, 6.45) is 0. The largest absolute Gasteiger partial charge is 0.378 e. The molecule has 2 fully saturated rings. The van der Waals surface area contributed by atoms with Gasteiger partial charge in [-0.25, -0.2) is 0 Å². The molecule has 0 amide bonds. The van der Waals surface area contributed by atoms with Crippen LogP contribution in [0.2, 0.25) is 0 Å². The van der Waals surface area contributed by atoms with E-state index >= 15 is 0 Å². The van der Waals surface area contributed by atoms with Crippen LogP contribution in [0.1, 0.15) is 6.92 Å². The Bertz CT molecular complexity index is 400. The van der Waals surface area contributed by atoms with Crippen molar-refractivity contribution in [3.8, 4) is 0 Å². The van der Waals surface area contributed by atoms with Crippen molar-refractivity contribution >= 4 is 11.4 Å². The van der Waals surface area contributed by atoms with Gasteiger partial charge in [-0.15, -0.1) is 0 Å². The van der Waals surface area contributed by atoms with E-state index in [9.17, 15) is 0 Å². The van der Waals surface area contributed by atoms with Crippen LogP contribution in [0.25, 0.3) is 0 Å². The van der Waals surface area contributed by atoms with Gasteiger partial charge in [0, 0.05) is 50.1 Å². The molecular formula is C15H23N3O. The van der Waals surface area contributed by atoms with E-state index in [1.807, 2.05) is 0 Å². The van der Waals surface area contributed by atoms with E-state index in [-0.39, 0.29) is 0 Å². The highest BCUT2D eigenvalue weighted by Crippen LogP contribution is 2.22.